The van der Waals surface area contributed by atoms with E-state index in [-0.39, 0.29) is 19.1 Å². The van der Waals surface area contributed by atoms with Gasteiger partial charge in [0.1, 0.15) is 5.75 Å². The molecule has 0 atom stereocenters. The van der Waals surface area contributed by atoms with E-state index in [4.69, 9.17) is 9.15 Å². The lowest BCUT2D eigenvalue weighted by Gasteiger charge is -2.05. The molecular weight excluding hydrogens is 306 g/mol. The van der Waals surface area contributed by atoms with Gasteiger partial charge in [0, 0.05) is 5.56 Å². The first-order chi connectivity index (χ1) is 11.7. The monoisotopic (exact) mass is 323 g/mol. The molecule has 1 heterocycles. The van der Waals surface area contributed by atoms with Crippen LogP contribution >= 0.6 is 0 Å². The number of carbonyl (C=O) groups is 1. The summed E-state index contributed by atoms with van der Waals surface area (Å²) in [6.45, 7) is 2.11. The van der Waals surface area contributed by atoms with Crippen LogP contribution in [0.25, 0.3) is 11.5 Å². The van der Waals surface area contributed by atoms with E-state index < -0.39 is 0 Å². The fourth-order valence-corrected chi connectivity index (χ4v) is 2.03. The van der Waals surface area contributed by atoms with Crippen molar-refractivity contribution in [2.24, 2.45) is 0 Å². The first-order valence-electron chi connectivity index (χ1n) is 7.55. The molecule has 0 aliphatic heterocycles. The van der Waals surface area contributed by atoms with E-state index in [1.807, 2.05) is 49.4 Å². The molecule has 0 spiro atoms. The van der Waals surface area contributed by atoms with Gasteiger partial charge in [-0.1, -0.05) is 35.9 Å². The zero-order valence-corrected chi connectivity index (χ0v) is 13.2. The molecule has 24 heavy (non-hydrogen) atoms. The highest BCUT2D eigenvalue weighted by molar-refractivity contribution is 5.77. The summed E-state index contributed by atoms with van der Waals surface area (Å²) in [7, 11) is 0. The van der Waals surface area contributed by atoms with Crippen molar-refractivity contribution in [1.82, 2.24) is 15.5 Å². The molecule has 1 amide bonds. The minimum Gasteiger partial charge on any atom is -0.484 e. The Kier molecular flexibility index (Phi) is 4.86. The molecule has 0 saturated carbocycles. The topological polar surface area (TPSA) is 77.2 Å². The number of para-hydroxylation sites is 1. The number of carbonyl (C=O) groups excluding carboxylic acids is 1. The normalized spacial score (nSPS) is 10.4. The summed E-state index contributed by atoms with van der Waals surface area (Å²) in [5, 5.41) is 10.6. The van der Waals surface area contributed by atoms with Gasteiger partial charge in [0.15, 0.2) is 6.61 Å². The number of aromatic nitrogens is 2. The van der Waals surface area contributed by atoms with Crippen molar-refractivity contribution in [2.45, 2.75) is 13.5 Å². The molecule has 122 valence electrons. The first kappa shape index (κ1) is 15.7. The van der Waals surface area contributed by atoms with Crippen LogP contribution in [-0.4, -0.2) is 22.7 Å². The van der Waals surface area contributed by atoms with Crippen molar-refractivity contribution >= 4 is 5.91 Å². The van der Waals surface area contributed by atoms with E-state index in [0.717, 1.165) is 11.1 Å². The second-order valence-corrected chi connectivity index (χ2v) is 5.25. The van der Waals surface area contributed by atoms with E-state index in [2.05, 4.69) is 15.5 Å². The Morgan fingerprint density at radius 1 is 1.08 bits per heavy atom. The van der Waals surface area contributed by atoms with Gasteiger partial charge in [0.25, 0.3) is 5.91 Å². The number of ether oxygens (including phenoxy) is 1. The Labute approximate surface area is 139 Å². The lowest BCUT2D eigenvalue weighted by molar-refractivity contribution is -0.123. The van der Waals surface area contributed by atoms with Crippen LogP contribution in [0.5, 0.6) is 5.75 Å². The number of amides is 1. The summed E-state index contributed by atoms with van der Waals surface area (Å²) in [6, 6.07) is 16.9. The molecule has 2 aromatic carbocycles. The lowest BCUT2D eigenvalue weighted by atomic mass is 10.1. The maximum absolute atomic E-state index is 11.8. The van der Waals surface area contributed by atoms with Gasteiger partial charge in [-0.15, -0.1) is 10.2 Å². The summed E-state index contributed by atoms with van der Waals surface area (Å²) < 4.78 is 10.9. The van der Waals surface area contributed by atoms with Gasteiger partial charge in [0.05, 0.1) is 6.54 Å². The van der Waals surface area contributed by atoms with Gasteiger partial charge in [-0.3, -0.25) is 4.79 Å². The van der Waals surface area contributed by atoms with Crippen LogP contribution in [0.1, 0.15) is 11.5 Å². The Hall–Kier alpha value is -3.15. The van der Waals surface area contributed by atoms with Gasteiger partial charge in [0.2, 0.25) is 11.8 Å². The van der Waals surface area contributed by atoms with Crippen molar-refractivity contribution in [3.63, 3.8) is 0 Å². The smallest absolute Gasteiger partial charge is 0.258 e. The second-order valence-electron chi connectivity index (χ2n) is 5.25. The van der Waals surface area contributed by atoms with E-state index in [0.29, 0.717) is 17.5 Å². The van der Waals surface area contributed by atoms with Crippen LogP contribution in [0.2, 0.25) is 0 Å². The highest BCUT2D eigenvalue weighted by Gasteiger charge is 2.10. The van der Waals surface area contributed by atoms with Crippen LogP contribution in [0.15, 0.2) is 59.0 Å². The Bertz CT molecular complexity index is 798. The maximum atomic E-state index is 11.8. The second kappa shape index (κ2) is 7.41. The van der Waals surface area contributed by atoms with Crippen LogP contribution in [0, 0.1) is 6.92 Å². The fourth-order valence-electron chi connectivity index (χ4n) is 2.03. The molecule has 3 rings (SSSR count). The van der Waals surface area contributed by atoms with Crippen LogP contribution in [0.3, 0.4) is 0 Å². The standard InChI is InChI=1S/C18H17N3O3/c1-13-7-9-14(10-8-13)18-21-20-17(24-18)11-19-16(22)12-23-15-5-3-2-4-6-15/h2-10H,11-12H2,1H3,(H,19,22). The molecule has 0 radical (unpaired) electrons. The minimum atomic E-state index is -0.256. The SMILES string of the molecule is Cc1ccc(-c2nnc(CNC(=O)COc3ccccc3)o2)cc1. The molecule has 0 saturated heterocycles. The number of nitrogens with zero attached hydrogens (tertiary/aromatic N) is 2. The molecular formula is C18H17N3O3. The van der Waals surface area contributed by atoms with Gasteiger partial charge in [-0.05, 0) is 31.2 Å². The largest absolute Gasteiger partial charge is 0.484 e. The number of benzene rings is 2. The molecule has 1 N–H and O–H groups in total. The average Bonchev–Trinajstić information content (AvgIpc) is 3.09. The predicted molar refractivity (Wildman–Crippen MR) is 88.3 cm³/mol. The number of hydrogen-bond donors (Lipinski definition) is 1. The molecule has 0 unspecified atom stereocenters. The van der Waals surface area contributed by atoms with Crippen molar-refractivity contribution in [1.29, 1.82) is 0 Å². The summed E-state index contributed by atoms with van der Waals surface area (Å²) in [6.07, 6.45) is 0. The third-order valence-corrected chi connectivity index (χ3v) is 3.32. The quantitative estimate of drug-likeness (QED) is 0.755. The third-order valence-electron chi connectivity index (χ3n) is 3.32. The van der Waals surface area contributed by atoms with Crippen LogP contribution < -0.4 is 10.1 Å². The van der Waals surface area contributed by atoms with E-state index in [9.17, 15) is 4.79 Å². The number of aryl methyl sites for hydroxylation is 1. The molecule has 0 bridgehead atoms. The zero-order chi connectivity index (χ0) is 16.8. The Morgan fingerprint density at radius 3 is 2.58 bits per heavy atom. The van der Waals surface area contributed by atoms with Crippen molar-refractivity contribution in [3.8, 4) is 17.2 Å². The Morgan fingerprint density at radius 2 is 1.83 bits per heavy atom. The summed E-state index contributed by atoms with van der Waals surface area (Å²) in [5.74, 6) is 1.17. The molecule has 0 aliphatic carbocycles. The van der Waals surface area contributed by atoms with Crippen LogP contribution in [0.4, 0.5) is 0 Å². The van der Waals surface area contributed by atoms with Gasteiger partial charge >= 0.3 is 0 Å². The summed E-state index contributed by atoms with van der Waals surface area (Å²) >= 11 is 0. The van der Waals surface area contributed by atoms with Crippen molar-refractivity contribution < 1.29 is 13.9 Å². The van der Waals surface area contributed by atoms with Crippen molar-refractivity contribution in [3.05, 3.63) is 66.1 Å². The highest BCUT2D eigenvalue weighted by Crippen LogP contribution is 2.18. The number of nitrogens with one attached hydrogen (secondary N) is 1. The van der Waals surface area contributed by atoms with Crippen LogP contribution in [-0.2, 0) is 11.3 Å². The zero-order valence-electron chi connectivity index (χ0n) is 13.2. The third kappa shape index (κ3) is 4.19. The summed E-state index contributed by atoms with van der Waals surface area (Å²) in [4.78, 5) is 11.8. The highest BCUT2D eigenvalue weighted by atomic mass is 16.5. The number of rotatable bonds is 6. The lowest BCUT2D eigenvalue weighted by Crippen LogP contribution is -2.28. The molecule has 0 aliphatic rings. The Balaban J connectivity index is 1.50. The molecule has 3 aromatic rings. The number of hydrogen-bond acceptors (Lipinski definition) is 5. The maximum Gasteiger partial charge on any atom is 0.258 e. The van der Waals surface area contributed by atoms with Gasteiger partial charge in [-0.2, -0.15) is 0 Å². The van der Waals surface area contributed by atoms with E-state index in [1.165, 1.54) is 0 Å². The molecule has 1 aromatic heterocycles. The van der Waals surface area contributed by atoms with Gasteiger partial charge < -0.3 is 14.5 Å². The summed E-state index contributed by atoms with van der Waals surface area (Å²) in [5.41, 5.74) is 2.00. The first-order valence-corrected chi connectivity index (χ1v) is 7.55. The van der Waals surface area contributed by atoms with Gasteiger partial charge in [-0.25, -0.2) is 0 Å². The fraction of sp³-hybridized carbons (Fsp3) is 0.167. The molecule has 6 nitrogen and oxygen atoms in total. The minimum absolute atomic E-state index is 0.0665. The molecule has 0 fully saturated rings. The predicted octanol–water partition coefficient (Wildman–Crippen LogP) is 2.74. The molecule has 6 heteroatoms. The van der Waals surface area contributed by atoms with E-state index in [1.54, 1.807) is 12.1 Å². The van der Waals surface area contributed by atoms with Crippen molar-refractivity contribution in [2.75, 3.05) is 6.61 Å². The average molecular weight is 323 g/mol. The van der Waals surface area contributed by atoms with E-state index >= 15 is 0 Å².